The molecule has 0 bridgehead atoms. The number of carbonyl (C=O) groups is 1. The lowest BCUT2D eigenvalue weighted by Crippen LogP contribution is -2.43. The Hall–Kier alpha value is -0.820. The third kappa shape index (κ3) is 6.65. The van der Waals surface area contributed by atoms with E-state index in [4.69, 9.17) is 0 Å². The fourth-order valence-corrected chi connectivity index (χ4v) is 2.52. The van der Waals surface area contributed by atoms with Crippen LogP contribution in [0.3, 0.4) is 0 Å². The van der Waals surface area contributed by atoms with Crippen molar-refractivity contribution in [1.29, 1.82) is 0 Å². The minimum Gasteiger partial charge on any atom is -0.341 e. The minimum absolute atomic E-state index is 0.142. The molecule has 1 atom stereocenters. The molecule has 4 nitrogen and oxygen atoms in total. The summed E-state index contributed by atoms with van der Waals surface area (Å²) in [6.07, 6.45) is -4.44. The summed E-state index contributed by atoms with van der Waals surface area (Å²) in [5, 5.41) is 3.09. The molecule has 1 aliphatic heterocycles. The highest BCUT2D eigenvalue weighted by atomic mass is 19.4. The molecule has 1 amide bonds. The number of nitrogens with zero attached hydrogens (tertiary/aromatic N) is 2. The van der Waals surface area contributed by atoms with E-state index in [1.165, 1.54) is 4.90 Å². The summed E-state index contributed by atoms with van der Waals surface area (Å²) >= 11 is 0. The van der Waals surface area contributed by atoms with Crippen molar-refractivity contribution in [2.75, 3.05) is 45.8 Å². The number of rotatable bonds is 8. The summed E-state index contributed by atoms with van der Waals surface area (Å²) < 4.78 is 37.3. The SMILES string of the molecule is CCN(CC)CCN(CCC(F)(F)F)C(=O)C1CCNC1. The molecule has 21 heavy (non-hydrogen) atoms. The minimum atomic E-state index is -4.22. The standard InChI is InChI=1S/C14H26F3N3O/c1-3-19(4-2)9-10-20(8-6-14(15,16)17)13(21)12-5-7-18-11-12/h12,18H,3-11H2,1-2H3. The van der Waals surface area contributed by atoms with Gasteiger partial charge in [-0.15, -0.1) is 0 Å². The first-order chi connectivity index (χ1) is 9.87. The van der Waals surface area contributed by atoms with Gasteiger partial charge in [0.1, 0.15) is 0 Å². The van der Waals surface area contributed by atoms with E-state index < -0.39 is 12.6 Å². The second kappa shape index (κ2) is 8.58. The van der Waals surface area contributed by atoms with Gasteiger partial charge in [0.05, 0.1) is 12.3 Å². The monoisotopic (exact) mass is 309 g/mol. The van der Waals surface area contributed by atoms with Crippen LogP contribution in [0.5, 0.6) is 0 Å². The van der Waals surface area contributed by atoms with Crippen LogP contribution in [0.2, 0.25) is 0 Å². The zero-order chi connectivity index (χ0) is 15.9. The Bertz CT molecular complexity index is 313. The van der Waals surface area contributed by atoms with Gasteiger partial charge in [0.2, 0.25) is 5.91 Å². The van der Waals surface area contributed by atoms with Gasteiger partial charge in [0.25, 0.3) is 0 Å². The molecule has 0 radical (unpaired) electrons. The molecule has 1 rings (SSSR count). The lowest BCUT2D eigenvalue weighted by Gasteiger charge is -2.28. The predicted molar refractivity (Wildman–Crippen MR) is 76.0 cm³/mol. The second-order valence-corrected chi connectivity index (χ2v) is 5.41. The largest absolute Gasteiger partial charge is 0.390 e. The number of amides is 1. The molecule has 0 aliphatic carbocycles. The Morgan fingerprint density at radius 2 is 1.86 bits per heavy atom. The Labute approximate surface area is 124 Å². The number of hydrogen-bond donors (Lipinski definition) is 1. The second-order valence-electron chi connectivity index (χ2n) is 5.41. The maximum absolute atomic E-state index is 12.4. The summed E-state index contributed by atoms with van der Waals surface area (Å²) in [4.78, 5) is 15.9. The van der Waals surface area contributed by atoms with Crippen LogP contribution >= 0.6 is 0 Å². The first-order valence-corrected chi connectivity index (χ1v) is 7.66. The average molecular weight is 309 g/mol. The van der Waals surface area contributed by atoms with Crippen molar-refractivity contribution in [3.05, 3.63) is 0 Å². The fourth-order valence-electron chi connectivity index (χ4n) is 2.52. The molecule has 1 saturated heterocycles. The summed E-state index contributed by atoms with van der Waals surface area (Å²) in [5.74, 6) is -0.314. The van der Waals surface area contributed by atoms with Gasteiger partial charge in [0, 0.05) is 26.2 Å². The van der Waals surface area contributed by atoms with E-state index in [0.29, 0.717) is 26.1 Å². The lowest BCUT2D eigenvalue weighted by atomic mass is 10.1. The molecule has 0 spiro atoms. The van der Waals surface area contributed by atoms with Gasteiger partial charge in [-0.25, -0.2) is 0 Å². The van der Waals surface area contributed by atoms with E-state index >= 15 is 0 Å². The van der Waals surface area contributed by atoms with E-state index in [9.17, 15) is 18.0 Å². The molecular formula is C14H26F3N3O. The molecule has 124 valence electrons. The Kier molecular flexibility index (Phi) is 7.45. The van der Waals surface area contributed by atoms with E-state index in [0.717, 1.165) is 19.6 Å². The van der Waals surface area contributed by atoms with Crippen LogP contribution < -0.4 is 5.32 Å². The summed E-state index contributed by atoms with van der Waals surface area (Å²) in [6, 6.07) is 0. The topological polar surface area (TPSA) is 35.6 Å². The number of likely N-dealkylation sites (N-methyl/N-ethyl adjacent to an activating group) is 1. The van der Waals surface area contributed by atoms with Crippen LogP contribution in [0, 0.1) is 5.92 Å². The van der Waals surface area contributed by atoms with Crippen LogP contribution in [-0.4, -0.2) is 67.7 Å². The molecule has 1 aliphatic rings. The van der Waals surface area contributed by atoms with E-state index in [1.807, 2.05) is 13.8 Å². The van der Waals surface area contributed by atoms with Crippen molar-refractivity contribution < 1.29 is 18.0 Å². The van der Waals surface area contributed by atoms with Crippen molar-refractivity contribution in [3.63, 3.8) is 0 Å². The molecule has 1 fully saturated rings. The van der Waals surface area contributed by atoms with Gasteiger partial charge in [-0.2, -0.15) is 13.2 Å². The number of alkyl halides is 3. The normalized spacial score (nSPS) is 19.2. The van der Waals surface area contributed by atoms with E-state index in [1.54, 1.807) is 0 Å². The van der Waals surface area contributed by atoms with E-state index in [2.05, 4.69) is 10.2 Å². The van der Waals surface area contributed by atoms with Gasteiger partial charge in [-0.05, 0) is 26.1 Å². The van der Waals surface area contributed by atoms with Crippen molar-refractivity contribution in [3.8, 4) is 0 Å². The molecule has 0 aromatic rings. The molecule has 0 saturated carbocycles. The van der Waals surface area contributed by atoms with Gasteiger partial charge in [-0.3, -0.25) is 4.79 Å². The van der Waals surface area contributed by atoms with Gasteiger partial charge in [0.15, 0.2) is 0 Å². The number of hydrogen-bond acceptors (Lipinski definition) is 3. The maximum atomic E-state index is 12.4. The van der Waals surface area contributed by atoms with Crippen LogP contribution in [0.15, 0.2) is 0 Å². The molecule has 7 heteroatoms. The number of carbonyl (C=O) groups excluding carboxylic acids is 1. The van der Waals surface area contributed by atoms with Crippen molar-refractivity contribution in [2.24, 2.45) is 5.92 Å². The lowest BCUT2D eigenvalue weighted by molar-refractivity contribution is -0.147. The predicted octanol–water partition coefficient (Wildman–Crippen LogP) is 1.72. The van der Waals surface area contributed by atoms with Crippen molar-refractivity contribution in [2.45, 2.75) is 32.9 Å². The third-order valence-electron chi connectivity index (χ3n) is 3.97. The first-order valence-electron chi connectivity index (χ1n) is 7.66. The number of nitrogens with one attached hydrogen (secondary N) is 1. The smallest absolute Gasteiger partial charge is 0.341 e. The molecule has 1 heterocycles. The Morgan fingerprint density at radius 1 is 1.19 bits per heavy atom. The first kappa shape index (κ1) is 18.2. The molecule has 0 aromatic carbocycles. The van der Waals surface area contributed by atoms with Gasteiger partial charge >= 0.3 is 6.18 Å². The van der Waals surface area contributed by atoms with Crippen molar-refractivity contribution in [1.82, 2.24) is 15.1 Å². The molecule has 1 unspecified atom stereocenters. The molecule has 1 N–H and O–H groups in total. The van der Waals surface area contributed by atoms with Crippen LogP contribution in [0.4, 0.5) is 13.2 Å². The highest BCUT2D eigenvalue weighted by Gasteiger charge is 2.32. The third-order valence-corrected chi connectivity index (χ3v) is 3.97. The van der Waals surface area contributed by atoms with Crippen LogP contribution in [0.1, 0.15) is 26.7 Å². The average Bonchev–Trinajstić information content (AvgIpc) is 2.95. The van der Waals surface area contributed by atoms with Crippen molar-refractivity contribution >= 4 is 5.91 Å². The van der Waals surface area contributed by atoms with Crippen LogP contribution in [0.25, 0.3) is 0 Å². The maximum Gasteiger partial charge on any atom is 0.390 e. The Morgan fingerprint density at radius 3 is 2.33 bits per heavy atom. The summed E-state index contributed by atoms with van der Waals surface area (Å²) in [5.41, 5.74) is 0. The van der Waals surface area contributed by atoms with Gasteiger partial charge in [-0.1, -0.05) is 13.8 Å². The molecule has 0 aromatic heterocycles. The molecular weight excluding hydrogens is 283 g/mol. The van der Waals surface area contributed by atoms with Crippen LogP contribution in [-0.2, 0) is 4.79 Å². The highest BCUT2D eigenvalue weighted by Crippen LogP contribution is 2.21. The summed E-state index contributed by atoms with van der Waals surface area (Å²) in [6.45, 7) is 7.78. The quantitative estimate of drug-likeness (QED) is 0.741. The Balaban J connectivity index is 2.57. The zero-order valence-electron chi connectivity index (χ0n) is 12.9. The summed E-state index contributed by atoms with van der Waals surface area (Å²) in [7, 11) is 0. The van der Waals surface area contributed by atoms with E-state index in [-0.39, 0.29) is 18.4 Å². The highest BCUT2D eigenvalue weighted by molar-refractivity contribution is 5.79. The number of halogens is 3. The fraction of sp³-hybridized carbons (Fsp3) is 0.929. The van der Waals surface area contributed by atoms with Gasteiger partial charge < -0.3 is 15.1 Å². The zero-order valence-corrected chi connectivity index (χ0v) is 12.9.